The maximum atomic E-state index is 6.21. The molecule has 0 saturated carbocycles. The van der Waals surface area contributed by atoms with E-state index in [-0.39, 0.29) is 6.04 Å². The summed E-state index contributed by atoms with van der Waals surface area (Å²) in [4.78, 5) is 4.24. The number of halogens is 2. The number of benzene rings is 1. The van der Waals surface area contributed by atoms with Crippen LogP contribution in [0.15, 0.2) is 36.7 Å². The minimum atomic E-state index is 0.0393. The molecular weight excluding hydrogens is 387 g/mol. The van der Waals surface area contributed by atoms with Crippen molar-refractivity contribution in [3.8, 4) is 5.75 Å². The van der Waals surface area contributed by atoms with Gasteiger partial charge in [-0.25, -0.2) is 0 Å². The number of rotatable bonds is 5. The van der Waals surface area contributed by atoms with Crippen molar-refractivity contribution in [2.75, 3.05) is 13.7 Å². The van der Waals surface area contributed by atoms with Crippen LogP contribution < -0.4 is 10.1 Å². The van der Waals surface area contributed by atoms with Gasteiger partial charge in [0, 0.05) is 9.77 Å². The molecule has 0 aliphatic heterocycles. The molecule has 0 fully saturated rings. The summed E-state index contributed by atoms with van der Waals surface area (Å²) in [5.41, 5.74) is 2.16. The van der Waals surface area contributed by atoms with E-state index >= 15 is 0 Å². The molecule has 0 amide bonds. The molecule has 0 radical (unpaired) electrons. The molecule has 20 heavy (non-hydrogen) atoms. The molecule has 2 aromatic rings. The highest BCUT2D eigenvalue weighted by molar-refractivity contribution is 14.1. The van der Waals surface area contributed by atoms with Gasteiger partial charge in [0.15, 0.2) is 0 Å². The van der Waals surface area contributed by atoms with E-state index in [1.54, 1.807) is 6.20 Å². The van der Waals surface area contributed by atoms with Crippen LogP contribution in [-0.2, 0) is 0 Å². The molecule has 0 aliphatic rings. The average Bonchev–Trinajstić information content (AvgIpc) is 2.44. The molecule has 1 atom stereocenters. The van der Waals surface area contributed by atoms with Crippen LogP contribution >= 0.6 is 34.2 Å². The monoisotopic (exact) mass is 402 g/mol. The van der Waals surface area contributed by atoms with Gasteiger partial charge in [-0.15, -0.1) is 0 Å². The highest BCUT2D eigenvalue weighted by atomic mass is 127. The van der Waals surface area contributed by atoms with Crippen LogP contribution in [0.25, 0.3) is 0 Å². The maximum absolute atomic E-state index is 6.21. The van der Waals surface area contributed by atoms with Gasteiger partial charge in [-0.2, -0.15) is 0 Å². The van der Waals surface area contributed by atoms with Crippen LogP contribution in [-0.4, -0.2) is 18.6 Å². The van der Waals surface area contributed by atoms with Crippen molar-refractivity contribution in [2.24, 2.45) is 0 Å². The summed E-state index contributed by atoms with van der Waals surface area (Å²) in [6.07, 6.45) is 3.57. The van der Waals surface area contributed by atoms with Crippen molar-refractivity contribution < 1.29 is 4.74 Å². The summed E-state index contributed by atoms with van der Waals surface area (Å²) < 4.78 is 6.55. The van der Waals surface area contributed by atoms with Gasteiger partial charge < -0.3 is 10.1 Å². The third kappa shape index (κ3) is 3.62. The van der Waals surface area contributed by atoms with Crippen molar-refractivity contribution in [3.05, 3.63) is 56.4 Å². The SMILES string of the molecule is CCOc1cncc(C(NC)c2ccc(I)c(Cl)c2)c1. The van der Waals surface area contributed by atoms with Crippen molar-refractivity contribution in [1.29, 1.82) is 0 Å². The number of aromatic nitrogens is 1. The molecule has 0 spiro atoms. The van der Waals surface area contributed by atoms with Gasteiger partial charge in [0.25, 0.3) is 0 Å². The van der Waals surface area contributed by atoms with Crippen LogP contribution in [0, 0.1) is 3.57 Å². The lowest BCUT2D eigenvalue weighted by Crippen LogP contribution is -2.18. The van der Waals surface area contributed by atoms with Gasteiger partial charge in [0.2, 0.25) is 0 Å². The fourth-order valence-corrected chi connectivity index (χ4v) is 2.58. The molecule has 3 nitrogen and oxygen atoms in total. The van der Waals surface area contributed by atoms with Gasteiger partial charge in [-0.05, 0) is 65.9 Å². The van der Waals surface area contributed by atoms with Crippen LogP contribution in [0.4, 0.5) is 0 Å². The van der Waals surface area contributed by atoms with Crippen molar-refractivity contribution in [1.82, 2.24) is 10.3 Å². The smallest absolute Gasteiger partial charge is 0.137 e. The van der Waals surface area contributed by atoms with E-state index in [1.165, 1.54) is 0 Å². The lowest BCUT2D eigenvalue weighted by molar-refractivity contribution is 0.338. The predicted octanol–water partition coefficient (Wildman–Crippen LogP) is 4.05. The molecule has 0 bridgehead atoms. The van der Waals surface area contributed by atoms with Gasteiger partial charge in [0.1, 0.15) is 5.75 Å². The van der Waals surface area contributed by atoms with E-state index in [0.717, 1.165) is 25.5 Å². The van der Waals surface area contributed by atoms with E-state index in [0.29, 0.717) is 6.61 Å². The second-order valence-electron chi connectivity index (χ2n) is 4.28. The lowest BCUT2D eigenvalue weighted by Gasteiger charge is -2.18. The Kier molecular flexibility index (Phi) is 5.63. The maximum Gasteiger partial charge on any atom is 0.137 e. The molecule has 1 aromatic carbocycles. The Labute approximate surface area is 137 Å². The highest BCUT2D eigenvalue weighted by Crippen LogP contribution is 2.28. The second-order valence-corrected chi connectivity index (χ2v) is 5.85. The van der Waals surface area contributed by atoms with Crippen molar-refractivity contribution >= 4 is 34.2 Å². The average molecular weight is 403 g/mol. The topological polar surface area (TPSA) is 34.1 Å². The van der Waals surface area contributed by atoms with E-state index in [2.05, 4.69) is 39.0 Å². The second kappa shape index (κ2) is 7.24. The number of ether oxygens (including phenoxy) is 1. The highest BCUT2D eigenvalue weighted by Gasteiger charge is 2.14. The molecule has 1 aromatic heterocycles. The fraction of sp³-hybridized carbons (Fsp3) is 0.267. The van der Waals surface area contributed by atoms with E-state index in [4.69, 9.17) is 16.3 Å². The van der Waals surface area contributed by atoms with Gasteiger partial charge >= 0.3 is 0 Å². The summed E-state index contributed by atoms with van der Waals surface area (Å²) in [6.45, 7) is 2.59. The van der Waals surface area contributed by atoms with E-state index in [9.17, 15) is 0 Å². The zero-order valence-electron chi connectivity index (χ0n) is 11.4. The normalized spacial score (nSPS) is 12.2. The largest absolute Gasteiger partial charge is 0.492 e. The molecule has 106 valence electrons. The van der Waals surface area contributed by atoms with Crippen LogP contribution in [0.2, 0.25) is 5.02 Å². The van der Waals surface area contributed by atoms with E-state index < -0.39 is 0 Å². The lowest BCUT2D eigenvalue weighted by atomic mass is 10.0. The summed E-state index contributed by atoms with van der Waals surface area (Å²) in [5, 5.41) is 4.06. The zero-order chi connectivity index (χ0) is 14.5. The first-order chi connectivity index (χ1) is 9.65. The molecule has 1 heterocycles. The first-order valence-corrected chi connectivity index (χ1v) is 7.81. The van der Waals surface area contributed by atoms with Gasteiger partial charge in [-0.3, -0.25) is 4.98 Å². The first-order valence-electron chi connectivity index (χ1n) is 6.35. The minimum Gasteiger partial charge on any atom is -0.492 e. The van der Waals surface area contributed by atoms with Crippen LogP contribution in [0.3, 0.4) is 0 Å². The Balaban J connectivity index is 2.36. The summed E-state index contributed by atoms with van der Waals surface area (Å²) >= 11 is 8.43. The summed E-state index contributed by atoms with van der Waals surface area (Å²) in [5.74, 6) is 0.779. The molecule has 0 aliphatic carbocycles. The number of nitrogens with one attached hydrogen (secondary N) is 1. The van der Waals surface area contributed by atoms with Crippen LogP contribution in [0.5, 0.6) is 5.75 Å². The molecular formula is C15H16ClIN2O. The molecule has 0 saturated heterocycles. The first kappa shape index (κ1) is 15.5. The Morgan fingerprint density at radius 3 is 2.75 bits per heavy atom. The number of pyridine rings is 1. The van der Waals surface area contributed by atoms with Crippen LogP contribution in [0.1, 0.15) is 24.1 Å². The summed E-state index contributed by atoms with van der Waals surface area (Å²) in [7, 11) is 1.92. The number of nitrogens with zero attached hydrogens (tertiary/aromatic N) is 1. The fourth-order valence-electron chi connectivity index (χ4n) is 2.06. The molecule has 1 N–H and O–H groups in total. The third-order valence-corrected chi connectivity index (χ3v) is 4.52. The number of hydrogen-bond donors (Lipinski definition) is 1. The summed E-state index contributed by atoms with van der Waals surface area (Å²) in [6, 6.07) is 8.11. The Bertz CT molecular complexity index is 592. The molecule has 1 unspecified atom stereocenters. The van der Waals surface area contributed by atoms with Gasteiger partial charge in [0.05, 0.1) is 23.9 Å². The van der Waals surface area contributed by atoms with Crippen molar-refractivity contribution in [2.45, 2.75) is 13.0 Å². The standard InChI is InChI=1S/C15H16ClIN2O/c1-3-20-12-6-11(8-19-9-12)15(18-2)10-4-5-14(17)13(16)7-10/h4-9,15,18H,3H2,1-2H3. The quantitative estimate of drug-likeness (QED) is 0.766. The molecule has 2 rings (SSSR count). The Morgan fingerprint density at radius 2 is 2.10 bits per heavy atom. The minimum absolute atomic E-state index is 0.0393. The van der Waals surface area contributed by atoms with Gasteiger partial charge in [-0.1, -0.05) is 17.7 Å². The zero-order valence-corrected chi connectivity index (χ0v) is 14.3. The van der Waals surface area contributed by atoms with E-state index in [1.807, 2.05) is 38.4 Å². The molecule has 5 heteroatoms. The third-order valence-electron chi connectivity index (χ3n) is 2.94. The Morgan fingerprint density at radius 1 is 1.30 bits per heavy atom. The Hall–Kier alpha value is -0.850. The number of hydrogen-bond acceptors (Lipinski definition) is 3. The predicted molar refractivity (Wildman–Crippen MR) is 90.5 cm³/mol. The van der Waals surface area contributed by atoms with Crippen molar-refractivity contribution in [3.63, 3.8) is 0 Å².